The van der Waals surface area contributed by atoms with Gasteiger partial charge in [-0.05, 0) is 13.0 Å². The molecule has 0 aliphatic rings. The summed E-state index contributed by atoms with van der Waals surface area (Å²) in [5.41, 5.74) is -0.308. The molecule has 116 valence electrons. The van der Waals surface area contributed by atoms with Crippen molar-refractivity contribution in [1.82, 2.24) is 9.88 Å². The predicted octanol–water partition coefficient (Wildman–Crippen LogP) is 2.38. The van der Waals surface area contributed by atoms with Gasteiger partial charge >= 0.3 is 0 Å². The predicted molar refractivity (Wildman–Crippen MR) is 82.3 cm³/mol. The van der Waals surface area contributed by atoms with E-state index in [0.29, 0.717) is 13.0 Å². The smallest absolute Gasteiger partial charge is 0.270 e. The van der Waals surface area contributed by atoms with E-state index in [0.717, 1.165) is 28.1 Å². The van der Waals surface area contributed by atoms with Crippen LogP contribution in [-0.2, 0) is 6.42 Å². The maximum Gasteiger partial charge on any atom is 0.270 e. The summed E-state index contributed by atoms with van der Waals surface area (Å²) in [4.78, 5) is 29.2. The Kier molecular flexibility index (Phi) is 4.71. The fourth-order valence-electron chi connectivity index (χ4n) is 1.90. The van der Waals surface area contributed by atoms with Gasteiger partial charge in [0.15, 0.2) is 0 Å². The van der Waals surface area contributed by atoms with Crippen LogP contribution in [-0.4, -0.2) is 39.4 Å². The Morgan fingerprint density at radius 2 is 2.23 bits per heavy atom. The number of nitro groups is 1. The molecule has 1 amide bonds. The van der Waals surface area contributed by atoms with Gasteiger partial charge in [0.1, 0.15) is 5.75 Å². The summed E-state index contributed by atoms with van der Waals surface area (Å²) in [6.45, 7) is 2.37. The number of likely N-dealkylation sites (N-methyl/N-ethyl adjacent to an activating group) is 1. The van der Waals surface area contributed by atoms with Crippen LogP contribution in [0.25, 0.3) is 0 Å². The van der Waals surface area contributed by atoms with E-state index >= 15 is 0 Å². The van der Waals surface area contributed by atoms with E-state index in [4.69, 9.17) is 0 Å². The number of carbonyl (C=O) groups is 1. The third-order valence-electron chi connectivity index (χ3n) is 3.10. The molecule has 0 aliphatic heterocycles. The molecule has 1 heterocycles. The van der Waals surface area contributed by atoms with Crippen molar-refractivity contribution in [2.24, 2.45) is 0 Å². The van der Waals surface area contributed by atoms with Crippen molar-refractivity contribution in [3.63, 3.8) is 0 Å². The van der Waals surface area contributed by atoms with Crippen LogP contribution in [0.15, 0.2) is 24.4 Å². The highest BCUT2D eigenvalue weighted by Gasteiger charge is 2.19. The van der Waals surface area contributed by atoms with E-state index < -0.39 is 10.8 Å². The highest BCUT2D eigenvalue weighted by Crippen LogP contribution is 2.24. The van der Waals surface area contributed by atoms with Crippen molar-refractivity contribution >= 4 is 22.9 Å². The monoisotopic (exact) mass is 321 g/mol. The van der Waals surface area contributed by atoms with E-state index in [1.54, 1.807) is 24.6 Å². The van der Waals surface area contributed by atoms with Gasteiger partial charge in [-0.3, -0.25) is 14.9 Å². The molecule has 1 N–H and O–H groups in total. The molecule has 0 radical (unpaired) electrons. The summed E-state index contributed by atoms with van der Waals surface area (Å²) < 4.78 is 0. The van der Waals surface area contributed by atoms with Crippen LogP contribution in [0.1, 0.15) is 20.2 Å². The lowest BCUT2D eigenvalue weighted by molar-refractivity contribution is -0.384. The maximum atomic E-state index is 12.3. The zero-order valence-electron chi connectivity index (χ0n) is 12.1. The van der Waals surface area contributed by atoms with Crippen molar-refractivity contribution in [2.45, 2.75) is 13.3 Å². The van der Waals surface area contributed by atoms with Crippen LogP contribution in [0.3, 0.4) is 0 Å². The standard InChI is InChI=1S/C14H15N3O4S/c1-9-8-15-13(22-9)5-6-16(2)14(19)11-7-10(17(20)21)3-4-12(11)18/h3-4,7-8,18H,5-6H2,1-2H3. The SMILES string of the molecule is Cc1cnc(CCN(C)C(=O)c2cc([N+](=O)[O-])ccc2O)s1. The van der Waals surface area contributed by atoms with Gasteiger partial charge < -0.3 is 10.0 Å². The van der Waals surface area contributed by atoms with Gasteiger partial charge in [-0.1, -0.05) is 0 Å². The molecule has 0 bridgehead atoms. The fraction of sp³-hybridized carbons (Fsp3) is 0.286. The summed E-state index contributed by atoms with van der Waals surface area (Å²) in [5, 5.41) is 21.4. The van der Waals surface area contributed by atoms with Gasteiger partial charge in [0.05, 0.1) is 15.5 Å². The van der Waals surface area contributed by atoms with Crippen molar-refractivity contribution < 1.29 is 14.8 Å². The lowest BCUT2D eigenvalue weighted by atomic mass is 10.1. The van der Waals surface area contributed by atoms with Crippen LogP contribution >= 0.6 is 11.3 Å². The second kappa shape index (κ2) is 6.52. The van der Waals surface area contributed by atoms with Gasteiger partial charge in [0.25, 0.3) is 11.6 Å². The summed E-state index contributed by atoms with van der Waals surface area (Å²) >= 11 is 1.56. The van der Waals surface area contributed by atoms with Gasteiger partial charge in [-0.15, -0.1) is 11.3 Å². The largest absolute Gasteiger partial charge is 0.507 e. The zero-order chi connectivity index (χ0) is 16.3. The first-order valence-electron chi connectivity index (χ1n) is 6.52. The number of hydrogen-bond donors (Lipinski definition) is 1. The molecule has 0 saturated heterocycles. The first kappa shape index (κ1) is 15.9. The van der Waals surface area contributed by atoms with Gasteiger partial charge in [0, 0.05) is 43.2 Å². The lowest BCUT2D eigenvalue weighted by Gasteiger charge is -2.17. The van der Waals surface area contributed by atoms with Crippen molar-refractivity contribution in [2.75, 3.05) is 13.6 Å². The molecule has 2 rings (SSSR count). The topological polar surface area (TPSA) is 96.6 Å². The number of benzene rings is 1. The number of nitro benzene ring substituents is 1. The Hall–Kier alpha value is -2.48. The molecular formula is C14H15N3O4S. The molecule has 0 saturated carbocycles. The van der Waals surface area contributed by atoms with Gasteiger partial charge in [-0.25, -0.2) is 4.98 Å². The second-order valence-electron chi connectivity index (χ2n) is 4.80. The molecule has 0 aliphatic carbocycles. The van der Waals surface area contributed by atoms with Crippen molar-refractivity contribution in [1.29, 1.82) is 0 Å². The van der Waals surface area contributed by atoms with Crippen LogP contribution < -0.4 is 0 Å². The van der Waals surface area contributed by atoms with E-state index in [1.807, 2.05) is 6.92 Å². The Morgan fingerprint density at radius 3 is 2.82 bits per heavy atom. The summed E-state index contributed by atoms with van der Waals surface area (Å²) in [7, 11) is 1.58. The number of hydrogen-bond acceptors (Lipinski definition) is 6. The lowest BCUT2D eigenvalue weighted by Crippen LogP contribution is -2.29. The maximum absolute atomic E-state index is 12.3. The summed E-state index contributed by atoms with van der Waals surface area (Å²) in [5.74, 6) is -0.734. The summed E-state index contributed by atoms with van der Waals surface area (Å²) in [6, 6.07) is 3.40. The molecule has 0 fully saturated rings. The fourth-order valence-corrected chi connectivity index (χ4v) is 2.67. The first-order valence-corrected chi connectivity index (χ1v) is 7.34. The number of aromatic nitrogens is 1. The quantitative estimate of drug-likeness (QED) is 0.673. The number of carbonyl (C=O) groups excluding carboxylic acids is 1. The average Bonchev–Trinajstić information content (AvgIpc) is 2.90. The van der Waals surface area contributed by atoms with E-state index in [9.17, 15) is 20.0 Å². The molecule has 2 aromatic rings. The molecule has 1 aromatic carbocycles. The minimum absolute atomic E-state index is 0.0768. The number of aryl methyl sites for hydroxylation is 1. The highest BCUT2D eigenvalue weighted by molar-refractivity contribution is 7.11. The minimum atomic E-state index is -0.603. The third-order valence-corrected chi connectivity index (χ3v) is 4.07. The molecule has 7 nitrogen and oxygen atoms in total. The molecule has 0 unspecified atom stereocenters. The Balaban J connectivity index is 2.09. The normalized spacial score (nSPS) is 10.5. The third kappa shape index (κ3) is 3.59. The Bertz CT molecular complexity index is 714. The Labute approximate surface area is 131 Å². The number of phenols is 1. The molecule has 8 heteroatoms. The number of thiazole rings is 1. The number of aromatic hydroxyl groups is 1. The summed E-state index contributed by atoms with van der Waals surface area (Å²) in [6.07, 6.45) is 2.37. The van der Waals surface area contributed by atoms with Crippen molar-refractivity contribution in [3.05, 3.63) is 50.0 Å². The average molecular weight is 321 g/mol. The van der Waals surface area contributed by atoms with Crippen LogP contribution in [0.2, 0.25) is 0 Å². The van der Waals surface area contributed by atoms with Gasteiger partial charge in [-0.2, -0.15) is 0 Å². The number of amides is 1. The molecular weight excluding hydrogens is 306 g/mol. The molecule has 0 spiro atoms. The number of phenolic OH excluding ortho intramolecular Hbond substituents is 1. The number of nitrogens with zero attached hydrogens (tertiary/aromatic N) is 3. The molecule has 0 atom stereocenters. The van der Waals surface area contributed by atoms with Crippen LogP contribution in [0.5, 0.6) is 5.75 Å². The zero-order valence-corrected chi connectivity index (χ0v) is 13.0. The van der Waals surface area contributed by atoms with E-state index in [2.05, 4.69) is 4.98 Å². The molecule has 22 heavy (non-hydrogen) atoms. The number of non-ortho nitro benzene ring substituents is 1. The second-order valence-corrected chi connectivity index (χ2v) is 6.12. The Morgan fingerprint density at radius 1 is 1.50 bits per heavy atom. The molecule has 1 aromatic heterocycles. The van der Waals surface area contributed by atoms with E-state index in [-0.39, 0.29) is 17.0 Å². The minimum Gasteiger partial charge on any atom is -0.507 e. The van der Waals surface area contributed by atoms with Crippen molar-refractivity contribution in [3.8, 4) is 5.75 Å². The number of rotatable bonds is 5. The van der Waals surface area contributed by atoms with Crippen LogP contribution in [0.4, 0.5) is 5.69 Å². The van der Waals surface area contributed by atoms with Crippen LogP contribution in [0, 0.1) is 17.0 Å². The first-order chi connectivity index (χ1) is 10.4. The van der Waals surface area contributed by atoms with E-state index in [1.165, 1.54) is 4.90 Å². The highest BCUT2D eigenvalue weighted by atomic mass is 32.1. The van der Waals surface area contributed by atoms with Gasteiger partial charge in [0.2, 0.25) is 0 Å².